The van der Waals surface area contributed by atoms with Crippen LogP contribution < -0.4 is 0 Å². The molecule has 0 bridgehead atoms. The lowest BCUT2D eigenvalue weighted by atomic mass is 10.0. The highest BCUT2D eigenvalue weighted by atomic mass is 28.3. The molecule has 0 spiro atoms. The van der Waals surface area contributed by atoms with E-state index in [1.807, 2.05) is 6.92 Å². The Morgan fingerprint density at radius 1 is 1.06 bits per heavy atom. The summed E-state index contributed by atoms with van der Waals surface area (Å²) in [6.07, 6.45) is 8.33. The van der Waals surface area contributed by atoms with Crippen molar-refractivity contribution >= 4 is 15.5 Å². The van der Waals surface area contributed by atoms with Crippen molar-refractivity contribution in [1.29, 1.82) is 0 Å². The van der Waals surface area contributed by atoms with Gasteiger partial charge < -0.3 is 13.3 Å². The highest BCUT2D eigenvalue weighted by Gasteiger charge is 2.21. The number of carbonyl (C=O) groups is 1. The Bertz CT molecular complexity index is 207. The van der Waals surface area contributed by atoms with Crippen molar-refractivity contribution in [3.63, 3.8) is 0 Å². The molecule has 4 nitrogen and oxygen atoms in total. The molecule has 1 atom stereocenters. The summed E-state index contributed by atoms with van der Waals surface area (Å²) in [4.78, 5) is 11.7. The van der Waals surface area contributed by atoms with Crippen molar-refractivity contribution in [3.05, 3.63) is 0 Å². The fourth-order valence-electron chi connectivity index (χ4n) is 1.75. The Hall–Kier alpha value is -0.393. The van der Waals surface area contributed by atoms with Crippen molar-refractivity contribution in [3.8, 4) is 0 Å². The topological polar surface area (TPSA) is 44.8 Å². The molecule has 0 fully saturated rings. The van der Waals surface area contributed by atoms with E-state index in [1.54, 1.807) is 0 Å². The molecule has 0 N–H and O–H groups in total. The Labute approximate surface area is 113 Å². The van der Waals surface area contributed by atoms with Crippen LogP contribution in [-0.2, 0) is 18.1 Å². The highest BCUT2D eigenvalue weighted by molar-refractivity contribution is 6.39. The largest absolute Gasteiger partial charge is 0.550 e. The van der Waals surface area contributed by atoms with Crippen molar-refractivity contribution in [2.75, 3.05) is 14.2 Å². The maximum Gasteiger partial charge on any atom is 0.550 e. The fraction of sp³-hybridized carbons (Fsp3) is 0.923. The van der Waals surface area contributed by atoms with E-state index in [2.05, 4.69) is 6.92 Å². The summed E-state index contributed by atoms with van der Waals surface area (Å²) in [7, 11) is 0.800. The Balaban J connectivity index is 3.61. The van der Waals surface area contributed by atoms with Gasteiger partial charge in [-0.3, -0.25) is 4.79 Å². The molecule has 0 radical (unpaired) electrons. The van der Waals surface area contributed by atoms with Gasteiger partial charge in [-0.25, -0.2) is 0 Å². The lowest BCUT2D eigenvalue weighted by Crippen LogP contribution is -2.30. The lowest BCUT2D eigenvalue weighted by Gasteiger charge is -2.15. The summed E-state index contributed by atoms with van der Waals surface area (Å²) in [5, 5.41) is 0. The van der Waals surface area contributed by atoms with E-state index in [-0.39, 0.29) is 11.9 Å². The number of unbranched alkanes of at least 4 members (excludes halogenated alkanes) is 5. The molecule has 0 rings (SSSR count). The van der Waals surface area contributed by atoms with Gasteiger partial charge in [0.2, 0.25) is 0 Å². The summed E-state index contributed by atoms with van der Waals surface area (Å²) in [6.45, 7) is 4.12. The lowest BCUT2D eigenvalue weighted by molar-refractivity contribution is -0.141. The molecule has 0 aromatic rings. The minimum absolute atomic E-state index is 0.0588. The second-order valence-corrected chi connectivity index (χ2v) is 6.41. The molecule has 0 aliphatic rings. The van der Waals surface area contributed by atoms with E-state index in [9.17, 15) is 4.79 Å². The molecule has 18 heavy (non-hydrogen) atoms. The molecule has 0 heterocycles. The predicted molar refractivity (Wildman–Crippen MR) is 74.4 cm³/mol. The molecule has 0 amide bonds. The van der Waals surface area contributed by atoms with Crippen LogP contribution in [0.2, 0.25) is 0 Å². The van der Waals surface area contributed by atoms with Crippen LogP contribution in [0.3, 0.4) is 0 Å². The van der Waals surface area contributed by atoms with Gasteiger partial charge in [0, 0.05) is 14.2 Å². The Morgan fingerprint density at radius 2 is 1.61 bits per heavy atom. The van der Waals surface area contributed by atoms with Crippen molar-refractivity contribution in [1.82, 2.24) is 0 Å². The van der Waals surface area contributed by atoms with E-state index in [0.717, 1.165) is 12.8 Å². The van der Waals surface area contributed by atoms with Gasteiger partial charge in [0.15, 0.2) is 0 Å². The van der Waals surface area contributed by atoms with Gasteiger partial charge in [0.25, 0.3) is 5.97 Å². The molecule has 0 aromatic carbocycles. The van der Waals surface area contributed by atoms with Gasteiger partial charge in [-0.2, -0.15) is 0 Å². The quantitative estimate of drug-likeness (QED) is 0.430. The Morgan fingerprint density at radius 3 is 2.17 bits per heavy atom. The predicted octanol–water partition coefficient (Wildman–Crippen LogP) is 2.93. The second-order valence-electron chi connectivity index (χ2n) is 4.65. The van der Waals surface area contributed by atoms with E-state index < -0.39 is 9.53 Å². The third kappa shape index (κ3) is 8.66. The standard InChI is InChI=1S/C13H28O4Si/c1-5-6-7-8-9-10-11-12(2)13(14)17-18(15-3)16-4/h12,18H,5-11H2,1-4H3. The first-order valence-electron chi connectivity index (χ1n) is 6.91. The van der Waals surface area contributed by atoms with Crippen LogP contribution in [0, 0.1) is 5.92 Å². The molecule has 0 aliphatic carbocycles. The third-order valence-corrected chi connectivity index (χ3v) is 4.18. The zero-order valence-corrected chi connectivity index (χ0v) is 13.4. The molecule has 0 saturated heterocycles. The molecule has 0 saturated carbocycles. The van der Waals surface area contributed by atoms with Crippen LogP contribution in [0.25, 0.3) is 0 Å². The minimum atomic E-state index is -2.21. The number of rotatable bonds is 11. The minimum Gasteiger partial charge on any atom is -0.475 e. The van der Waals surface area contributed by atoms with Crippen LogP contribution in [0.4, 0.5) is 0 Å². The smallest absolute Gasteiger partial charge is 0.475 e. The first-order valence-corrected chi connectivity index (χ1v) is 8.33. The monoisotopic (exact) mass is 276 g/mol. The van der Waals surface area contributed by atoms with Crippen LogP contribution in [0.1, 0.15) is 58.8 Å². The summed E-state index contributed by atoms with van der Waals surface area (Å²) < 4.78 is 15.1. The van der Waals surface area contributed by atoms with Crippen molar-refractivity contribution < 1.29 is 18.1 Å². The van der Waals surface area contributed by atoms with Gasteiger partial charge in [-0.1, -0.05) is 52.4 Å². The first kappa shape index (κ1) is 17.6. The maximum atomic E-state index is 11.7. The number of hydrogen-bond acceptors (Lipinski definition) is 4. The molecular formula is C13H28O4Si. The number of hydrogen-bond donors (Lipinski definition) is 0. The van der Waals surface area contributed by atoms with E-state index in [0.29, 0.717) is 0 Å². The summed E-state index contributed by atoms with van der Waals surface area (Å²) in [6, 6.07) is 0. The molecule has 108 valence electrons. The highest BCUT2D eigenvalue weighted by Crippen LogP contribution is 2.13. The summed E-state index contributed by atoms with van der Waals surface area (Å²) in [5.74, 6) is -0.250. The van der Waals surface area contributed by atoms with Gasteiger partial charge in [-0.05, 0) is 6.42 Å². The zero-order valence-electron chi connectivity index (χ0n) is 12.2. The fourth-order valence-corrected chi connectivity index (χ4v) is 2.56. The van der Waals surface area contributed by atoms with Crippen LogP contribution in [0.5, 0.6) is 0 Å². The third-order valence-electron chi connectivity index (χ3n) is 2.99. The molecule has 1 unspecified atom stereocenters. The van der Waals surface area contributed by atoms with Crippen molar-refractivity contribution in [2.24, 2.45) is 5.92 Å². The normalized spacial score (nSPS) is 12.7. The maximum absolute atomic E-state index is 11.7. The summed E-state index contributed by atoms with van der Waals surface area (Å²) >= 11 is 0. The molecule has 5 heteroatoms. The molecule has 0 aromatic heterocycles. The molecule has 0 aliphatic heterocycles. The SMILES string of the molecule is CCCCCCCCC(C)C(=O)O[SiH](OC)OC. The van der Waals surface area contributed by atoms with Gasteiger partial charge in [0.1, 0.15) is 0 Å². The van der Waals surface area contributed by atoms with E-state index >= 15 is 0 Å². The molecular weight excluding hydrogens is 248 g/mol. The van der Waals surface area contributed by atoms with Gasteiger partial charge >= 0.3 is 9.53 Å². The number of carbonyl (C=O) groups excluding carboxylic acids is 1. The van der Waals surface area contributed by atoms with E-state index in [4.69, 9.17) is 13.3 Å². The average Bonchev–Trinajstić information content (AvgIpc) is 2.39. The van der Waals surface area contributed by atoms with Crippen LogP contribution in [-0.4, -0.2) is 29.7 Å². The van der Waals surface area contributed by atoms with Gasteiger partial charge in [0.05, 0.1) is 5.92 Å². The Kier molecular flexibility index (Phi) is 11.4. The van der Waals surface area contributed by atoms with Gasteiger partial charge in [-0.15, -0.1) is 0 Å². The second kappa shape index (κ2) is 11.7. The van der Waals surface area contributed by atoms with Crippen LogP contribution in [0.15, 0.2) is 0 Å². The zero-order chi connectivity index (χ0) is 13.8. The summed E-state index contributed by atoms with van der Waals surface area (Å²) in [5.41, 5.74) is 0. The van der Waals surface area contributed by atoms with Crippen molar-refractivity contribution in [2.45, 2.75) is 58.8 Å². The first-order chi connectivity index (χ1) is 8.65. The van der Waals surface area contributed by atoms with Crippen LogP contribution >= 0.6 is 0 Å². The van der Waals surface area contributed by atoms with E-state index in [1.165, 1.54) is 46.3 Å². The average molecular weight is 276 g/mol.